The highest BCUT2D eigenvalue weighted by Gasteiger charge is 2.27. The molecule has 0 aliphatic carbocycles. The summed E-state index contributed by atoms with van der Waals surface area (Å²) in [7, 11) is 0. The zero-order valence-electron chi connectivity index (χ0n) is 17.2. The van der Waals surface area contributed by atoms with Crippen LogP contribution in [-0.2, 0) is 9.53 Å². The molecule has 0 aromatic heterocycles. The average molecular weight is 477 g/mol. The molecule has 2 aromatic rings. The summed E-state index contributed by atoms with van der Waals surface area (Å²) in [5, 5.41) is 11.5. The summed E-state index contributed by atoms with van der Waals surface area (Å²) >= 11 is 12.5. The number of cyclic esters (lactones) is 1. The minimum absolute atomic E-state index is 0.0308. The minimum Gasteiger partial charge on any atom is -0.490 e. The van der Waals surface area contributed by atoms with Crippen LogP contribution >= 0.6 is 23.2 Å². The molecule has 166 valence electrons. The maximum absolute atomic E-state index is 12.4. The second kappa shape index (κ2) is 9.84. The van der Waals surface area contributed by atoms with Gasteiger partial charge in [-0.05, 0) is 49.3 Å². The number of esters is 1. The lowest BCUT2D eigenvalue weighted by Gasteiger charge is -2.14. The molecule has 0 N–H and O–H groups in total. The highest BCUT2D eigenvalue weighted by Crippen LogP contribution is 2.38. The topological polar surface area (TPSA) is 100 Å². The first kappa shape index (κ1) is 23.3. The van der Waals surface area contributed by atoms with Crippen molar-refractivity contribution >= 4 is 46.8 Å². The molecular weight excluding hydrogens is 459 g/mol. The van der Waals surface area contributed by atoms with Crippen LogP contribution in [0.25, 0.3) is 6.08 Å². The van der Waals surface area contributed by atoms with Crippen molar-refractivity contribution in [2.75, 3.05) is 13.2 Å². The normalized spacial score (nSPS) is 14.2. The molecule has 0 saturated heterocycles. The lowest BCUT2D eigenvalue weighted by Crippen LogP contribution is -2.06. The van der Waals surface area contributed by atoms with Crippen molar-refractivity contribution in [3.63, 3.8) is 0 Å². The average Bonchev–Trinajstić information content (AvgIpc) is 3.07. The van der Waals surface area contributed by atoms with E-state index in [1.807, 2.05) is 13.8 Å². The van der Waals surface area contributed by atoms with Gasteiger partial charge < -0.3 is 14.2 Å². The Morgan fingerprint density at radius 2 is 2.00 bits per heavy atom. The van der Waals surface area contributed by atoms with Crippen LogP contribution in [0.3, 0.4) is 0 Å². The summed E-state index contributed by atoms with van der Waals surface area (Å²) in [4.78, 5) is 27.0. The van der Waals surface area contributed by atoms with Crippen LogP contribution in [-0.4, -0.2) is 30.0 Å². The molecule has 0 radical (unpaired) electrons. The molecule has 1 heterocycles. The molecule has 0 amide bonds. The van der Waals surface area contributed by atoms with Gasteiger partial charge in [0, 0.05) is 12.1 Å². The number of hydrogen-bond donors (Lipinski definition) is 0. The van der Waals surface area contributed by atoms with Crippen molar-refractivity contribution in [1.29, 1.82) is 0 Å². The molecule has 0 spiro atoms. The second-order valence-electron chi connectivity index (χ2n) is 6.77. The molecule has 8 nitrogen and oxygen atoms in total. The second-order valence-corrected chi connectivity index (χ2v) is 7.58. The number of non-ortho nitro benzene ring substituents is 1. The van der Waals surface area contributed by atoms with E-state index in [4.69, 9.17) is 37.4 Å². The number of nitro groups is 1. The Labute approximate surface area is 193 Å². The van der Waals surface area contributed by atoms with Crippen LogP contribution in [0.4, 0.5) is 5.69 Å². The van der Waals surface area contributed by atoms with Gasteiger partial charge in [-0.25, -0.2) is 9.79 Å². The zero-order chi connectivity index (χ0) is 23.4. The van der Waals surface area contributed by atoms with Gasteiger partial charge in [-0.15, -0.1) is 0 Å². The summed E-state index contributed by atoms with van der Waals surface area (Å²) in [6.07, 6.45) is 1.46. The highest BCUT2D eigenvalue weighted by atomic mass is 35.5. The van der Waals surface area contributed by atoms with E-state index < -0.39 is 10.9 Å². The first-order valence-electron chi connectivity index (χ1n) is 9.40. The van der Waals surface area contributed by atoms with Crippen LogP contribution < -0.4 is 9.47 Å². The fourth-order valence-corrected chi connectivity index (χ4v) is 3.21. The summed E-state index contributed by atoms with van der Waals surface area (Å²) in [5.74, 6) is -0.114. The maximum atomic E-state index is 12.4. The van der Waals surface area contributed by atoms with Crippen LogP contribution in [0.5, 0.6) is 11.5 Å². The van der Waals surface area contributed by atoms with Gasteiger partial charge in [-0.3, -0.25) is 10.1 Å². The van der Waals surface area contributed by atoms with Gasteiger partial charge in [0.25, 0.3) is 5.69 Å². The van der Waals surface area contributed by atoms with E-state index in [2.05, 4.69) is 11.6 Å². The van der Waals surface area contributed by atoms with Crippen LogP contribution in [0, 0.1) is 10.1 Å². The molecule has 0 bridgehead atoms. The summed E-state index contributed by atoms with van der Waals surface area (Å²) in [5.41, 5.74) is 1.22. The van der Waals surface area contributed by atoms with Gasteiger partial charge in [0.15, 0.2) is 17.2 Å². The molecule has 32 heavy (non-hydrogen) atoms. The number of carbonyl (C=O) groups excluding carboxylic acids is 1. The van der Waals surface area contributed by atoms with E-state index in [0.717, 1.165) is 5.57 Å². The van der Waals surface area contributed by atoms with Gasteiger partial charge in [0.1, 0.15) is 6.61 Å². The Morgan fingerprint density at radius 3 is 2.66 bits per heavy atom. The fraction of sp³-hybridized carbons (Fsp3) is 0.182. The first-order valence-corrected chi connectivity index (χ1v) is 10.2. The summed E-state index contributed by atoms with van der Waals surface area (Å²) in [6, 6.07) is 7.01. The molecule has 1 aliphatic rings. The Balaban J connectivity index is 1.98. The number of nitrogens with zero attached hydrogens (tertiary/aromatic N) is 2. The van der Waals surface area contributed by atoms with E-state index in [0.29, 0.717) is 23.7 Å². The highest BCUT2D eigenvalue weighted by molar-refractivity contribution is 6.34. The van der Waals surface area contributed by atoms with Crippen molar-refractivity contribution in [2.24, 2.45) is 4.99 Å². The molecular formula is C22H18Cl2N2O6. The van der Waals surface area contributed by atoms with E-state index in [1.54, 1.807) is 12.1 Å². The number of hydrogen-bond acceptors (Lipinski definition) is 7. The SMILES string of the molecule is C=C(C)COc1c(Cl)cc(/C=C2\N=C(c3cc([N+](=O)[O-])ccc3Cl)OC2=O)cc1OCC. The van der Waals surface area contributed by atoms with Gasteiger partial charge in [-0.2, -0.15) is 0 Å². The molecule has 0 fully saturated rings. The van der Waals surface area contributed by atoms with Crippen LogP contribution in [0.1, 0.15) is 25.0 Å². The maximum Gasteiger partial charge on any atom is 0.363 e. The number of rotatable bonds is 8. The van der Waals surface area contributed by atoms with E-state index >= 15 is 0 Å². The zero-order valence-corrected chi connectivity index (χ0v) is 18.7. The monoisotopic (exact) mass is 476 g/mol. The number of halogens is 2. The van der Waals surface area contributed by atoms with Crippen molar-refractivity contribution < 1.29 is 23.9 Å². The number of nitro benzene ring substituents is 1. The van der Waals surface area contributed by atoms with Crippen molar-refractivity contribution in [1.82, 2.24) is 0 Å². The van der Waals surface area contributed by atoms with Gasteiger partial charge >= 0.3 is 5.97 Å². The predicted molar refractivity (Wildman–Crippen MR) is 122 cm³/mol. The number of carbonyl (C=O) groups is 1. The molecule has 10 heteroatoms. The quantitative estimate of drug-likeness (QED) is 0.161. The Morgan fingerprint density at radius 1 is 1.25 bits per heavy atom. The molecule has 2 aromatic carbocycles. The molecule has 0 unspecified atom stereocenters. The predicted octanol–water partition coefficient (Wildman–Crippen LogP) is 5.60. The first-order chi connectivity index (χ1) is 15.2. The molecule has 0 atom stereocenters. The fourth-order valence-electron chi connectivity index (χ4n) is 2.74. The third-order valence-corrected chi connectivity index (χ3v) is 4.72. The van der Waals surface area contributed by atoms with Crippen molar-refractivity contribution in [2.45, 2.75) is 13.8 Å². The Hall–Kier alpha value is -3.36. The lowest BCUT2D eigenvalue weighted by molar-refractivity contribution is -0.384. The summed E-state index contributed by atoms with van der Waals surface area (Å²) in [6.45, 7) is 8.07. The van der Waals surface area contributed by atoms with Crippen LogP contribution in [0.2, 0.25) is 10.0 Å². The Bertz CT molecular complexity index is 1170. The van der Waals surface area contributed by atoms with Crippen molar-refractivity contribution in [3.05, 3.63) is 79.5 Å². The standard InChI is InChI=1S/C22H18Cl2N2O6/c1-4-30-19-9-13(7-17(24)20(19)31-11-12(2)3)8-18-22(27)32-21(25-18)15-10-14(26(28)29)5-6-16(15)23/h5-10H,2,4,11H2,1,3H3/b18-8-. The molecule has 3 rings (SSSR count). The van der Waals surface area contributed by atoms with E-state index in [-0.39, 0.29) is 39.5 Å². The molecule has 1 aliphatic heterocycles. The summed E-state index contributed by atoms with van der Waals surface area (Å²) < 4.78 is 16.5. The number of benzene rings is 2. The third kappa shape index (κ3) is 5.27. The van der Waals surface area contributed by atoms with E-state index in [1.165, 1.54) is 24.3 Å². The van der Waals surface area contributed by atoms with Crippen molar-refractivity contribution in [3.8, 4) is 11.5 Å². The van der Waals surface area contributed by atoms with Gasteiger partial charge in [0.05, 0.1) is 27.1 Å². The number of ether oxygens (including phenoxy) is 3. The number of aliphatic imine (C=N–C) groups is 1. The van der Waals surface area contributed by atoms with Crippen LogP contribution in [0.15, 0.2) is 53.2 Å². The van der Waals surface area contributed by atoms with Gasteiger partial charge in [-0.1, -0.05) is 29.8 Å². The molecule has 0 saturated carbocycles. The third-order valence-electron chi connectivity index (χ3n) is 4.11. The smallest absolute Gasteiger partial charge is 0.363 e. The van der Waals surface area contributed by atoms with Gasteiger partial charge in [0.2, 0.25) is 5.90 Å². The Kier molecular flexibility index (Phi) is 7.17. The largest absolute Gasteiger partial charge is 0.490 e. The minimum atomic E-state index is -0.737. The van der Waals surface area contributed by atoms with E-state index in [9.17, 15) is 14.9 Å². The lowest BCUT2D eigenvalue weighted by atomic mass is 10.1.